The Morgan fingerprint density at radius 1 is 1.00 bits per heavy atom. The van der Waals surface area contributed by atoms with Crippen molar-refractivity contribution in [3.8, 4) is 0 Å². The number of cyclic esters (lactones) is 2. The van der Waals surface area contributed by atoms with E-state index in [0.717, 1.165) is 0 Å². The van der Waals surface area contributed by atoms with Crippen LogP contribution in [-0.4, -0.2) is 65.4 Å². The van der Waals surface area contributed by atoms with E-state index in [1.54, 1.807) is 7.11 Å². The first kappa shape index (κ1) is 23.6. The normalized spacial score (nSPS) is 55.7. The summed E-state index contributed by atoms with van der Waals surface area (Å²) in [6.45, 7) is 12.0. The molecular formula is C26H34O9. The van der Waals surface area contributed by atoms with Crippen molar-refractivity contribution < 1.29 is 43.2 Å². The highest BCUT2D eigenvalue weighted by Gasteiger charge is 2.90. The maximum absolute atomic E-state index is 14.2. The van der Waals surface area contributed by atoms with Gasteiger partial charge in [0.1, 0.15) is 17.5 Å². The first-order chi connectivity index (χ1) is 16.1. The molecule has 9 heteroatoms. The van der Waals surface area contributed by atoms with E-state index < -0.39 is 63.7 Å². The molecule has 1 spiro atoms. The van der Waals surface area contributed by atoms with Crippen LogP contribution in [0.1, 0.15) is 60.8 Å². The fourth-order valence-corrected chi connectivity index (χ4v) is 9.33. The van der Waals surface area contributed by atoms with Gasteiger partial charge in [0.25, 0.3) is 0 Å². The average molecular weight is 491 g/mol. The zero-order valence-electron chi connectivity index (χ0n) is 21.3. The highest BCUT2D eigenvalue weighted by atomic mass is 16.7. The van der Waals surface area contributed by atoms with Gasteiger partial charge in [0.2, 0.25) is 6.29 Å². The van der Waals surface area contributed by atoms with E-state index in [1.165, 1.54) is 6.08 Å². The number of fused-ring (bicyclic) bond motifs is 3. The minimum atomic E-state index is -1.39. The van der Waals surface area contributed by atoms with Crippen LogP contribution < -0.4 is 0 Å². The second-order valence-electron chi connectivity index (χ2n) is 12.5. The second-order valence-corrected chi connectivity index (χ2v) is 12.5. The van der Waals surface area contributed by atoms with E-state index in [4.69, 9.17) is 23.7 Å². The summed E-state index contributed by atoms with van der Waals surface area (Å²) in [7, 11) is 1.64. The standard InChI is InChI=1S/C26H34O9/c1-21(2)14-11-15(27)24(5)13(23(14,4)25(6,31-7)35-21)8-9-22(3)17(12-10-16(28)32-19(12)29)33-20(30)18-26(22,24)34-18/h10,13-14,16-18,28H,8-9,11H2,1-7H3/t13-,14?,16?,17+,18-,22+,23-,24+,25+,26-/m1/s1. The van der Waals surface area contributed by atoms with Crippen molar-refractivity contribution >= 4 is 17.7 Å². The SMILES string of the molecule is CO[C@@]1(C)OC(C)(C)C2CC(=O)[C@]3(C)[C@H](CC[C@@]4(C)[C@H](C5=CC(O)OC5=O)OC(=O)[C@H]5O[C@]543)[C@]21C. The van der Waals surface area contributed by atoms with Crippen molar-refractivity contribution in [2.45, 2.75) is 96.3 Å². The number of aliphatic hydroxyl groups excluding tert-OH is 1. The Bertz CT molecular complexity index is 1100. The van der Waals surface area contributed by atoms with Crippen molar-refractivity contribution in [2.24, 2.45) is 28.1 Å². The van der Waals surface area contributed by atoms with Gasteiger partial charge in [-0.05, 0) is 52.5 Å². The fourth-order valence-electron chi connectivity index (χ4n) is 9.33. The third-order valence-corrected chi connectivity index (χ3v) is 11.1. The number of methoxy groups -OCH3 is 1. The number of carbonyl (C=O) groups is 3. The molecule has 5 fully saturated rings. The summed E-state index contributed by atoms with van der Waals surface area (Å²) < 4.78 is 29.6. The van der Waals surface area contributed by atoms with E-state index >= 15 is 0 Å². The number of ether oxygens (including phenoxy) is 5. The Morgan fingerprint density at radius 3 is 2.29 bits per heavy atom. The topological polar surface area (TPSA) is 121 Å². The maximum atomic E-state index is 14.2. The Labute approximate surface area is 204 Å². The summed E-state index contributed by atoms with van der Waals surface area (Å²) in [5.41, 5.74) is -4.09. The van der Waals surface area contributed by atoms with Crippen LogP contribution in [0.2, 0.25) is 0 Å². The lowest BCUT2D eigenvalue weighted by molar-refractivity contribution is -0.284. The number of hydrogen-bond acceptors (Lipinski definition) is 9. The molecule has 2 unspecified atom stereocenters. The van der Waals surface area contributed by atoms with Crippen molar-refractivity contribution in [3.05, 3.63) is 11.6 Å². The van der Waals surface area contributed by atoms with Crippen molar-refractivity contribution in [1.29, 1.82) is 0 Å². The van der Waals surface area contributed by atoms with E-state index in [-0.39, 0.29) is 29.6 Å². The monoisotopic (exact) mass is 490 g/mol. The van der Waals surface area contributed by atoms with Crippen molar-refractivity contribution in [3.63, 3.8) is 0 Å². The Hall–Kier alpha value is -1.81. The Kier molecular flexibility index (Phi) is 4.28. The lowest BCUT2D eigenvalue weighted by atomic mass is 9.37. The molecule has 6 aliphatic rings. The summed E-state index contributed by atoms with van der Waals surface area (Å²) in [5.74, 6) is -2.52. The molecule has 0 bridgehead atoms. The number of ketones is 1. The molecule has 4 heterocycles. The van der Waals surface area contributed by atoms with E-state index in [9.17, 15) is 19.5 Å². The number of hydrogen-bond donors (Lipinski definition) is 1. The molecule has 0 aromatic rings. The smallest absolute Gasteiger partial charge is 0.340 e. The fraction of sp³-hybridized carbons (Fsp3) is 0.808. The molecule has 35 heavy (non-hydrogen) atoms. The molecule has 2 saturated carbocycles. The maximum Gasteiger partial charge on any atom is 0.340 e. The lowest BCUT2D eigenvalue weighted by Crippen LogP contribution is -2.73. The third-order valence-electron chi connectivity index (χ3n) is 11.1. The van der Waals surface area contributed by atoms with Crippen LogP contribution >= 0.6 is 0 Å². The van der Waals surface area contributed by atoms with Gasteiger partial charge in [-0.25, -0.2) is 9.59 Å². The zero-order chi connectivity index (χ0) is 25.6. The van der Waals surface area contributed by atoms with Gasteiger partial charge in [-0.2, -0.15) is 0 Å². The highest BCUT2D eigenvalue weighted by Crippen LogP contribution is 2.79. The van der Waals surface area contributed by atoms with Gasteiger partial charge in [0, 0.05) is 30.3 Å². The van der Waals surface area contributed by atoms with Crippen LogP contribution in [0.4, 0.5) is 0 Å². The van der Waals surface area contributed by atoms with E-state index in [0.29, 0.717) is 12.8 Å². The summed E-state index contributed by atoms with van der Waals surface area (Å²) in [5, 5.41) is 9.90. The van der Waals surface area contributed by atoms with Crippen LogP contribution in [0.5, 0.6) is 0 Å². The number of esters is 2. The molecular weight excluding hydrogens is 456 g/mol. The van der Waals surface area contributed by atoms with Gasteiger partial charge in [-0.15, -0.1) is 0 Å². The first-order valence-corrected chi connectivity index (χ1v) is 12.4. The van der Waals surface area contributed by atoms with Crippen LogP contribution in [0.15, 0.2) is 11.6 Å². The molecule has 192 valence electrons. The molecule has 3 saturated heterocycles. The molecule has 0 aromatic heterocycles. The van der Waals surface area contributed by atoms with Gasteiger partial charge < -0.3 is 28.8 Å². The number of epoxide rings is 1. The van der Waals surface area contributed by atoms with Crippen molar-refractivity contribution in [2.75, 3.05) is 7.11 Å². The lowest BCUT2D eigenvalue weighted by Gasteiger charge is -2.65. The first-order valence-electron chi connectivity index (χ1n) is 12.4. The van der Waals surface area contributed by atoms with Crippen LogP contribution in [0.25, 0.3) is 0 Å². The number of carbonyl (C=O) groups excluding carboxylic acids is 3. The third kappa shape index (κ3) is 2.29. The highest BCUT2D eigenvalue weighted by molar-refractivity contribution is 5.96. The van der Waals surface area contributed by atoms with Gasteiger partial charge in [0.05, 0.1) is 16.6 Å². The molecule has 4 aliphatic heterocycles. The minimum Gasteiger partial charge on any atom is -0.454 e. The Balaban J connectivity index is 1.53. The summed E-state index contributed by atoms with van der Waals surface area (Å²) in [4.78, 5) is 39.9. The summed E-state index contributed by atoms with van der Waals surface area (Å²) in [6.07, 6.45) is -0.554. The number of rotatable bonds is 2. The summed E-state index contributed by atoms with van der Waals surface area (Å²) >= 11 is 0. The van der Waals surface area contributed by atoms with Gasteiger partial charge in [-0.1, -0.05) is 13.8 Å². The molecule has 10 atom stereocenters. The number of aliphatic hydroxyl groups is 1. The van der Waals surface area contributed by atoms with E-state index in [1.807, 2.05) is 34.6 Å². The minimum absolute atomic E-state index is 0.0342. The number of Topliss-reactive ketones (excluding diaryl/α,β-unsaturated/α-hetero) is 1. The average Bonchev–Trinajstić information content (AvgIpc) is 3.43. The predicted molar refractivity (Wildman–Crippen MR) is 118 cm³/mol. The zero-order valence-corrected chi connectivity index (χ0v) is 21.3. The van der Waals surface area contributed by atoms with Crippen LogP contribution in [0, 0.1) is 28.1 Å². The molecule has 0 amide bonds. The van der Waals surface area contributed by atoms with Gasteiger partial charge in [-0.3, -0.25) is 4.79 Å². The second kappa shape index (κ2) is 6.36. The molecule has 6 rings (SSSR count). The van der Waals surface area contributed by atoms with Crippen molar-refractivity contribution in [1.82, 2.24) is 0 Å². The molecule has 9 nitrogen and oxygen atoms in total. The molecule has 0 aromatic carbocycles. The molecule has 1 N–H and O–H groups in total. The van der Waals surface area contributed by atoms with Gasteiger partial charge >= 0.3 is 11.9 Å². The van der Waals surface area contributed by atoms with E-state index in [2.05, 4.69) is 6.92 Å². The Morgan fingerprint density at radius 2 is 1.69 bits per heavy atom. The van der Waals surface area contributed by atoms with Crippen LogP contribution in [-0.2, 0) is 38.1 Å². The molecule has 0 radical (unpaired) electrons. The largest absolute Gasteiger partial charge is 0.454 e. The van der Waals surface area contributed by atoms with Crippen LogP contribution in [0.3, 0.4) is 0 Å². The van der Waals surface area contributed by atoms with Gasteiger partial charge in [0.15, 0.2) is 11.9 Å². The predicted octanol–water partition coefficient (Wildman–Crippen LogP) is 2.04. The summed E-state index contributed by atoms with van der Waals surface area (Å²) in [6, 6.07) is 0. The quantitative estimate of drug-likeness (QED) is 0.458. The molecule has 2 aliphatic carbocycles.